The maximum atomic E-state index is 9.48. The summed E-state index contributed by atoms with van der Waals surface area (Å²) in [5.41, 5.74) is -0.0767. The lowest BCUT2D eigenvalue weighted by Gasteiger charge is -2.41. The summed E-state index contributed by atoms with van der Waals surface area (Å²) in [7, 11) is 0. The van der Waals surface area contributed by atoms with Crippen LogP contribution in [0.2, 0.25) is 0 Å². The van der Waals surface area contributed by atoms with Gasteiger partial charge in [0, 0.05) is 6.42 Å². The van der Waals surface area contributed by atoms with Gasteiger partial charge in [-0.05, 0) is 17.6 Å². The Morgan fingerprint density at radius 3 is 2.44 bits per heavy atom. The molecule has 0 aromatic carbocycles. The number of ether oxygens (including phenoxy) is 1. The molecule has 0 aromatic heterocycles. The molecule has 0 saturated heterocycles. The lowest BCUT2D eigenvalue weighted by Crippen LogP contribution is -2.45. The fraction of sp³-hybridized carbons (Fsp3) is 0.692. The molecule has 0 spiro atoms. The molecule has 0 aliphatic carbocycles. The van der Waals surface area contributed by atoms with E-state index in [4.69, 9.17) is 4.74 Å². The minimum absolute atomic E-state index is 0.0383. The highest BCUT2D eigenvalue weighted by Crippen LogP contribution is 2.46. The molecule has 2 heterocycles. The van der Waals surface area contributed by atoms with Gasteiger partial charge in [0.25, 0.3) is 0 Å². The molecule has 0 radical (unpaired) electrons. The van der Waals surface area contributed by atoms with Gasteiger partial charge in [0.05, 0.1) is 13.2 Å². The van der Waals surface area contributed by atoms with Crippen LogP contribution in [0.3, 0.4) is 0 Å². The van der Waals surface area contributed by atoms with Crippen molar-refractivity contribution < 1.29 is 14.9 Å². The van der Waals surface area contributed by atoms with Crippen molar-refractivity contribution in [3.05, 3.63) is 23.8 Å². The first-order chi connectivity index (χ1) is 7.35. The van der Waals surface area contributed by atoms with Gasteiger partial charge in [-0.1, -0.05) is 32.4 Å². The molecule has 2 aliphatic rings. The quantitative estimate of drug-likeness (QED) is 0.697. The van der Waals surface area contributed by atoms with Gasteiger partial charge in [-0.25, -0.2) is 0 Å². The van der Waals surface area contributed by atoms with E-state index in [0.717, 1.165) is 0 Å². The molecule has 0 aromatic rings. The van der Waals surface area contributed by atoms with Gasteiger partial charge in [0.1, 0.15) is 11.2 Å². The van der Waals surface area contributed by atoms with Gasteiger partial charge in [-0.2, -0.15) is 0 Å². The summed E-state index contributed by atoms with van der Waals surface area (Å²) in [6.45, 7) is 6.29. The summed E-state index contributed by atoms with van der Waals surface area (Å²) in [6.07, 6.45) is 6.45. The molecule has 3 heteroatoms. The fourth-order valence-corrected chi connectivity index (χ4v) is 2.33. The second-order valence-electron chi connectivity index (χ2n) is 5.87. The summed E-state index contributed by atoms with van der Waals surface area (Å²) in [5, 5.41) is 18.9. The number of fused-ring (bicyclic) bond motifs is 2. The van der Waals surface area contributed by atoms with Crippen LogP contribution < -0.4 is 0 Å². The zero-order chi connectivity index (χ0) is 12.0. The lowest BCUT2D eigenvalue weighted by atomic mass is 9.77. The highest BCUT2D eigenvalue weighted by Gasteiger charge is 2.48. The molecular weight excluding hydrogens is 204 g/mol. The summed E-state index contributed by atoms with van der Waals surface area (Å²) in [5.74, 6) is 0. The number of aliphatic hydroxyl groups is 2. The van der Waals surface area contributed by atoms with Gasteiger partial charge in [-0.3, -0.25) is 0 Å². The lowest BCUT2D eigenvalue weighted by molar-refractivity contribution is -0.116. The molecule has 3 nitrogen and oxygen atoms in total. The summed E-state index contributed by atoms with van der Waals surface area (Å²) < 4.78 is 5.81. The largest absolute Gasteiger partial charge is 0.393 e. The molecule has 2 N–H and O–H groups in total. The summed E-state index contributed by atoms with van der Waals surface area (Å²) in [4.78, 5) is 0. The van der Waals surface area contributed by atoms with Gasteiger partial charge < -0.3 is 14.9 Å². The molecule has 90 valence electrons. The van der Waals surface area contributed by atoms with E-state index >= 15 is 0 Å². The van der Waals surface area contributed by atoms with Crippen molar-refractivity contribution in [1.82, 2.24) is 0 Å². The molecule has 0 saturated carbocycles. The van der Waals surface area contributed by atoms with Crippen LogP contribution in [0.15, 0.2) is 23.8 Å². The SMILES string of the molecule is CC(C)(C)C1=C[C@@]2(CO)C=C[C@@](CO)(C1)O2. The van der Waals surface area contributed by atoms with E-state index in [2.05, 4.69) is 20.8 Å². The van der Waals surface area contributed by atoms with E-state index in [1.807, 2.05) is 18.2 Å². The van der Waals surface area contributed by atoms with Crippen molar-refractivity contribution in [2.45, 2.75) is 38.4 Å². The topological polar surface area (TPSA) is 49.7 Å². The predicted octanol–water partition coefficient (Wildman–Crippen LogP) is 1.41. The van der Waals surface area contributed by atoms with Gasteiger partial charge in [-0.15, -0.1) is 0 Å². The second-order valence-corrected chi connectivity index (χ2v) is 5.87. The Morgan fingerprint density at radius 2 is 1.94 bits per heavy atom. The third-order valence-electron chi connectivity index (χ3n) is 3.45. The average Bonchev–Trinajstić information content (AvgIpc) is 2.51. The van der Waals surface area contributed by atoms with Crippen LogP contribution in [0.1, 0.15) is 27.2 Å². The first-order valence-electron chi connectivity index (χ1n) is 5.69. The second kappa shape index (κ2) is 3.42. The first kappa shape index (κ1) is 11.8. The van der Waals surface area contributed by atoms with Crippen LogP contribution in [0.25, 0.3) is 0 Å². The highest BCUT2D eigenvalue weighted by molar-refractivity contribution is 5.36. The maximum absolute atomic E-state index is 9.48. The van der Waals surface area contributed by atoms with Crippen LogP contribution >= 0.6 is 0 Å². The van der Waals surface area contributed by atoms with Gasteiger partial charge in [0.2, 0.25) is 0 Å². The molecule has 16 heavy (non-hydrogen) atoms. The van der Waals surface area contributed by atoms with Crippen LogP contribution in [-0.4, -0.2) is 34.6 Å². The Kier molecular flexibility index (Phi) is 2.53. The van der Waals surface area contributed by atoms with Crippen LogP contribution in [0.4, 0.5) is 0 Å². The van der Waals surface area contributed by atoms with E-state index in [-0.39, 0.29) is 18.6 Å². The van der Waals surface area contributed by atoms with Crippen molar-refractivity contribution >= 4 is 0 Å². The standard InChI is InChI=1S/C13H20O3/c1-11(2,3)10-6-12(8-14)4-5-13(7-10,9-15)16-12/h4-6,14-15H,7-9H2,1-3H3/t12-,13+/m1/s1. The fourth-order valence-electron chi connectivity index (χ4n) is 2.33. The van der Waals surface area contributed by atoms with E-state index in [1.165, 1.54) is 5.57 Å². The zero-order valence-electron chi connectivity index (χ0n) is 10.2. The van der Waals surface area contributed by atoms with Gasteiger partial charge >= 0.3 is 0 Å². The summed E-state index contributed by atoms with van der Waals surface area (Å²) in [6, 6.07) is 0. The molecule has 2 rings (SSSR count). The normalized spacial score (nSPS) is 37.7. The zero-order valence-corrected chi connectivity index (χ0v) is 10.2. The van der Waals surface area contributed by atoms with E-state index in [1.54, 1.807) is 0 Å². The molecule has 2 aliphatic heterocycles. The molecule has 0 fully saturated rings. The first-order valence-corrected chi connectivity index (χ1v) is 5.69. The van der Waals surface area contributed by atoms with Crippen molar-refractivity contribution in [3.63, 3.8) is 0 Å². The van der Waals surface area contributed by atoms with E-state index in [0.29, 0.717) is 6.42 Å². The highest BCUT2D eigenvalue weighted by atomic mass is 16.5. The Labute approximate surface area is 96.4 Å². The number of hydrogen-bond acceptors (Lipinski definition) is 3. The van der Waals surface area contributed by atoms with E-state index < -0.39 is 11.2 Å². The predicted molar refractivity (Wildman–Crippen MR) is 62.0 cm³/mol. The molecule has 0 amide bonds. The van der Waals surface area contributed by atoms with Crippen molar-refractivity contribution in [3.8, 4) is 0 Å². The average molecular weight is 224 g/mol. The number of rotatable bonds is 2. The van der Waals surface area contributed by atoms with Crippen LogP contribution in [0, 0.1) is 5.41 Å². The minimum Gasteiger partial charge on any atom is -0.393 e. The maximum Gasteiger partial charge on any atom is 0.129 e. The Hall–Kier alpha value is -0.640. The van der Waals surface area contributed by atoms with Gasteiger partial charge in [0.15, 0.2) is 0 Å². The molecule has 2 atom stereocenters. The van der Waals surface area contributed by atoms with Crippen molar-refractivity contribution in [2.24, 2.45) is 5.41 Å². The molecule has 2 bridgehead atoms. The Morgan fingerprint density at radius 1 is 1.25 bits per heavy atom. The van der Waals surface area contributed by atoms with Crippen molar-refractivity contribution in [1.29, 1.82) is 0 Å². The number of aliphatic hydroxyl groups excluding tert-OH is 2. The molecule has 0 unspecified atom stereocenters. The Bertz CT molecular complexity index is 351. The monoisotopic (exact) mass is 224 g/mol. The third kappa shape index (κ3) is 1.73. The van der Waals surface area contributed by atoms with E-state index in [9.17, 15) is 10.2 Å². The molecular formula is C13H20O3. The Balaban J connectivity index is 2.41. The number of hydrogen-bond donors (Lipinski definition) is 2. The third-order valence-corrected chi connectivity index (χ3v) is 3.45. The summed E-state index contributed by atoms with van der Waals surface area (Å²) >= 11 is 0. The minimum atomic E-state index is -0.719. The van der Waals surface area contributed by atoms with Crippen LogP contribution in [0.5, 0.6) is 0 Å². The van der Waals surface area contributed by atoms with Crippen LogP contribution in [-0.2, 0) is 4.74 Å². The smallest absolute Gasteiger partial charge is 0.129 e. The van der Waals surface area contributed by atoms with Crippen molar-refractivity contribution in [2.75, 3.05) is 13.2 Å².